The molecule has 1 aliphatic rings. The minimum absolute atomic E-state index is 0.00958. The van der Waals surface area contributed by atoms with Gasteiger partial charge in [-0.1, -0.05) is 6.92 Å². The number of anilines is 1. The summed E-state index contributed by atoms with van der Waals surface area (Å²) in [6.45, 7) is 5.30. The van der Waals surface area contributed by atoms with E-state index in [2.05, 4.69) is 17.2 Å². The Balaban J connectivity index is 2.15. The summed E-state index contributed by atoms with van der Waals surface area (Å²) in [5, 5.41) is 2.99. The van der Waals surface area contributed by atoms with Crippen molar-refractivity contribution in [2.75, 3.05) is 25.5 Å². The number of amides is 1. The standard InChI is InChI=1S/C14H21N3O2/c1-4-12-9-19-10(2)8-17(12)14(18)13-6-5-11(15-3)7-16-13/h5-7,10,12,15H,4,8-9H2,1-3H3. The van der Waals surface area contributed by atoms with E-state index in [9.17, 15) is 4.79 Å². The molecule has 104 valence electrons. The lowest BCUT2D eigenvalue weighted by Gasteiger charge is -2.38. The topological polar surface area (TPSA) is 54.5 Å². The number of carbonyl (C=O) groups excluding carboxylic acids is 1. The smallest absolute Gasteiger partial charge is 0.272 e. The van der Waals surface area contributed by atoms with Crippen LogP contribution in [-0.4, -0.2) is 48.1 Å². The number of morpholine rings is 1. The van der Waals surface area contributed by atoms with E-state index >= 15 is 0 Å². The molecule has 2 unspecified atom stereocenters. The van der Waals surface area contributed by atoms with Crippen LogP contribution in [0, 0.1) is 0 Å². The van der Waals surface area contributed by atoms with E-state index in [1.54, 1.807) is 12.3 Å². The monoisotopic (exact) mass is 263 g/mol. The van der Waals surface area contributed by atoms with Crippen LogP contribution in [0.2, 0.25) is 0 Å². The first-order valence-corrected chi connectivity index (χ1v) is 6.72. The van der Waals surface area contributed by atoms with Crippen LogP contribution in [0.4, 0.5) is 5.69 Å². The summed E-state index contributed by atoms with van der Waals surface area (Å²) in [6.07, 6.45) is 2.66. The Hall–Kier alpha value is -1.62. The maximum absolute atomic E-state index is 12.5. The summed E-state index contributed by atoms with van der Waals surface area (Å²) < 4.78 is 5.61. The van der Waals surface area contributed by atoms with Crippen molar-refractivity contribution in [3.05, 3.63) is 24.0 Å². The van der Waals surface area contributed by atoms with Gasteiger partial charge in [0, 0.05) is 13.6 Å². The zero-order valence-electron chi connectivity index (χ0n) is 11.7. The first-order valence-electron chi connectivity index (χ1n) is 6.72. The second kappa shape index (κ2) is 6.02. The highest BCUT2D eigenvalue weighted by Crippen LogP contribution is 2.17. The second-order valence-corrected chi connectivity index (χ2v) is 4.85. The molecular weight excluding hydrogens is 242 g/mol. The number of rotatable bonds is 3. The molecule has 0 bridgehead atoms. The van der Waals surface area contributed by atoms with Crippen molar-refractivity contribution in [2.24, 2.45) is 0 Å². The molecule has 1 fully saturated rings. The molecule has 0 aliphatic carbocycles. The fourth-order valence-corrected chi connectivity index (χ4v) is 2.25. The third-order valence-corrected chi connectivity index (χ3v) is 3.47. The molecule has 2 atom stereocenters. The van der Waals surface area contributed by atoms with E-state index in [1.807, 2.05) is 24.9 Å². The molecule has 1 aromatic heterocycles. The van der Waals surface area contributed by atoms with Crippen molar-refractivity contribution in [1.29, 1.82) is 0 Å². The predicted octanol–water partition coefficient (Wildman–Crippen LogP) is 1.76. The zero-order chi connectivity index (χ0) is 13.8. The van der Waals surface area contributed by atoms with Crippen LogP contribution in [0.15, 0.2) is 18.3 Å². The number of nitrogens with zero attached hydrogens (tertiary/aromatic N) is 2. The minimum atomic E-state index is -0.00958. The van der Waals surface area contributed by atoms with Gasteiger partial charge in [-0.15, -0.1) is 0 Å². The highest BCUT2D eigenvalue weighted by atomic mass is 16.5. The largest absolute Gasteiger partial charge is 0.387 e. The Bertz CT molecular complexity index is 433. The molecule has 5 nitrogen and oxygen atoms in total. The lowest BCUT2D eigenvalue weighted by atomic mass is 10.1. The molecule has 2 heterocycles. The van der Waals surface area contributed by atoms with E-state index < -0.39 is 0 Å². The van der Waals surface area contributed by atoms with Gasteiger partial charge in [-0.2, -0.15) is 0 Å². The molecule has 1 N–H and O–H groups in total. The lowest BCUT2D eigenvalue weighted by Crippen LogP contribution is -2.51. The fraction of sp³-hybridized carbons (Fsp3) is 0.571. The van der Waals surface area contributed by atoms with Crippen molar-refractivity contribution < 1.29 is 9.53 Å². The molecular formula is C14H21N3O2. The Labute approximate surface area is 114 Å². The van der Waals surface area contributed by atoms with Crippen LogP contribution in [0.25, 0.3) is 0 Å². The van der Waals surface area contributed by atoms with Crippen molar-refractivity contribution in [1.82, 2.24) is 9.88 Å². The molecule has 5 heteroatoms. The van der Waals surface area contributed by atoms with E-state index in [-0.39, 0.29) is 18.1 Å². The van der Waals surface area contributed by atoms with Crippen LogP contribution in [-0.2, 0) is 4.74 Å². The summed E-state index contributed by atoms with van der Waals surface area (Å²) in [5.41, 5.74) is 1.39. The maximum atomic E-state index is 12.5. The Morgan fingerprint density at radius 1 is 1.58 bits per heavy atom. The molecule has 1 aromatic rings. The number of hydrogen-bond donors (Lipinski definition) is 1. The van der Waals surface area contributed by atoms with Crippen LogP contribution < -0.4 is 5.32 Å². The van der Waals surface area contributed by atoms with Crippen molar-refractivity contribution in [2.45, 2.75) is 32.4 Å². The molecule has 1 amide bonds. The van der Waals surface area contributed by atoms with Crippen molar-refractivity contribution >= 4 is 11.6 Å². The highest BCUT2D eigenvalue weighted by molar-refractivity contribution is 5.92. The summed E-state index contributed by atoms with van der Waals surface area (Å²) in [5.74, 6) is -0.00958. The van der Waals surface area contributed by atoms with Gasteiger partial charge in [-0.25, -0.2) is 4.98 Å². The van der Waals surface area contributed by atoms with Gasteiger partial charge < -0.3 is 15.0 Å². The SMILES string of the molecule is CCC1COC(C)CN1C(=O)c1ccc(NC)cn1. The zero-order valence-corrected chi connectivity index (χ0v) is 11.7. The molecule has 0 spiro atoms. The molecule has 0 radical (unpaired) electrons. The number of carbonyl (C=O) groups is 1. The number of hydrogen-bond acceptors (Lipinski definition) is 4. The Morgan fingerprint density at radius 2 is 2.37 bits per heavy atom. The van der Waals surface area contributed by atoms with Gasteiger partial charge in [-0.3, -0.25) is 4.79 Å². The summed E-state index contributed by atoms with van der Waals surface area (Å²) >= 11 is 0. The Kier molecular flexibility index (Phi) is 4.37. The van der Waals surface area contributed by atoms with Gasteiger partial charge >= 0.3 is 0 Å². The number of nitrogens with one attached hydrogen (secondary N) is 1. The molecule has 0 saturated carbocycles. The molecule has 2 rings (SSSR count). The molecule has 0 aromatic carbocycles. The quantitative estimate of drug-likeness (QED) is 0.903. The van der Waals surface area contributed by atoms with Crippen LogP contribution in [0.3, 0.4) is 0 Å². The minimum Gasteiger partial charge on any atom is -0.387 e. The van der Waals surface area contributed by atoms with Gasteiger partial charge in [0.25, 0.3) is 5.91 Å². The lowest BCUT2D eigenvalue weighted by molar-refractivity contribution is -0.0445. The van der Waals surface area contributed by atoms with Crippen molar-refractivity contribution in [3.63, 3.8) is 0 Å². The van der Waals surface area contributed by atoms with E-state index in [4.69, 9.17) is 4.74 Å². The van der Waals surface area contributed by atoms with Crippen LogP contribution in [0.1, 0.15) is 30.8 Å². The highest BCUT2D eigenvalue weighted by Gasteiger charge is 2.30. The number of aromatic nitrogens is 1. The third-order valence-electron chi connectivity index (χ3n) is 3.47. The summed E-state index contributed by atoms with van der Waals surface area (Å²) in [7, 11) is 1.83. The van der Waals surface area contributed by atoms with Gasteiger partial charge in [0.05, 0.1) is 30.6 Å². The second-order valence-electron chi connectivity index (χ2n) is 4.85. The van der Waals surface area contributed by atoms with E-state index in [0.717, 1.165) is 12.1 Å². The molecule has 1 aliphatic heterocycles. The fourth-order valence-electron chi connectivity index (χ4n) is 2.25. The van der Waals surface area contributed by atoms with Gasteiger partial charge in [0.15, 0.2) is 0 Å². The first kappa shape index (κ1) is 13.8. The maximum Gasteiger partial charge on any atom is 0.272 e. The normalized spacial score (nSPS) is 23.2. The molecule has 19 heavy (non-hydrogen) atoms. The first-order chi connectivity index (χ1) is 9.15. The number of ether oxygens (including phenoxy) is 1. The van der Waals surface area contributed by atoms with Gasteiger partial charge in [0.1, 0.15) is 5.69 Å². The van der Waals surface area contributed by atoms with Crippen LogP contribution >= 0.6 is 0 Å². The van der Waals surface area contributed by atoms with E-state index in [1.165, 1.54) is 0 Å². The summed E-state index contributed by atoms with van der Waals surface area (Å²) in [4.78, 5) is 18.6. The molecule has 1 saturated heterocycles. The van der Waals surface area contributed by atoms with Gasteiger partial charge in [0.2, 0.25) is 0 Å². The third kappa shape index (κ3) is 3.04. The average molecular weight is 263 g/mol. The Morgan fingerprint density at radius 3 is 2.95 bits per heavy atom. The van der Waals surface area contributed by atoms with E-state index in [0.29, 0.717) is 18.8 Å². The summed E-state index contributed by atoms with van der Waals surface area (Å²) in [6, 6.07) is 3.78. The number of pyridine rings is 1. The average Bonchev–Trinajstić information content (AvgIpc) is 2.46. The predicted molar refractivity (Wildman–Crippen MR) is 74.3 cm³/mol. The van der Waals surface area contributed by atoms with Gasteiger partial charge in [-0.05, 0) is 25.5 Å². The van der Waals surface area contributed by atoms with Crippen molar-refractivity contribution in [3.8, 4) is 0 Å². The van der Waals surface area contributed by atoms with Crippen LogP contribution in [0.5, 0.6) is 0 Å².